The van der Waals surface area contributed by atoms with Crippen LogP contribution in [0.1, 0.15) is 31.4 Å². The number of carboxylic acids is 1. The van der Waals surface area contributed by atoms with Gasteiger partial charge in [-0.05, 0) is 36.0 Å². The van der Waals surface area contributed by atoms with E-state index in [2.05, 4.69) is 20.9 Å². The number of rotatable bonds is 13. The summed E-state index contributed by atoms with van der Waals surface area (Å²) in [5.41, 5.74) is 8.58. The Bertz CT molecular complexity index is 1260. The number of hydrogen-bond acceptors (Lipinski definition) is 5. The lowest BCUT2D eigenvalue weighted by Gasteiger charge is -2.22. The second-order valence-electron chi connectivity index (χ2n) is 9.73. The molecule has 0 saturated carbocycles. The van der Waals surface area contributed by atoms with Crippen molar-refractivity contribution < 1.29 is 24.3 Å². The number of aromatic nitrogens is 1. The van der Waals surface area contributed by atoms with Gasteiger partial charge in [-0.25, -0.2) is 4.79 Å². The van der Waals surface area contributed by atoms with Gasteiger partial charge in [-0.2, -0.15) is 0 Å². The first-order valence-corrected chi connectivity index (χ1v) is 12.6. The maximum absolute atomic E-state index is 12.9. The number of para-hydroxylation sites is 1. The van der Waals surface area contributed by atoms with Crippen molar-refractivity contribution in [1.29, 1.82) is 0 Å². The Labute approximate surface area is 221 Å². The van der Waals surface area contributed by atoms with E-state index in [9.17, 15) is 24.3 Å². The molecule has 10 nitrogen and oxygen atoms in total. The van der Waals surface area contributed by atoms with Gasteiger partial charge in [0, 0.05) is 23.5 Å². The molecule has 3 unspecified atom stereocenters. The zero-order chi connectivity index (χ0) is 27.7. The van der Waals surface area contributed by atoms with Crippen LogP contribution in [0.4, 0.5) is 0 Å². The number of nitrogens with two attached hydrogens (primary N) is 1. The number of amides is 3. The van der Waals surface area contributed by atoms with E-state index in [4.69, 9.17) is 5.73 Å². The first-order valence-electron chi connectivity index (χ1n) is 12.6. The van der Waals surface area contributed by atoms with Gasteiger partial charge in [0.15, 0.2) is 0 Å². The van der Waals surface area contributed by atoms with Crippen LogP contribution in [0.2, 0.25) is 0 Å². The van der Waals surface area contributed by atoms with Gasteiger partial charge < -0.3 is 31.8 Å². The van der Waals surface area contributed by atoms with Gasteiger partial charge in [0.1, 0.15) is 12.1 Å². The zero-order valence-electron chi connectivity index (χ0n) is 21.6. The van der Waals surface area contributed by atoms with E-state index < -0.39 is 48.4 Å². The molecule has 0 bridgehead atoms. The molecule has 7 N–H and O–H groups in total. The van der Waals surface area contributed by atoms with Crippen LogP contribution in [-0.4, -0.2) is 58.5 Å². The molecule has 0 aliphatic rings. The predicted molar refractivity (Wildman–Crippen MR) is 144 cm³/mol. The molecule has 3 atom stereocenters. The zero-order valence-corrected chi connectivity index (χ0v) is 21.6. The minimum absolute atomic E-state index is 0.0738. The van der Waals surface area contributed by atoms with Crippen LogP contribution in [0, 0.1) is 5.92 Å². The number of fused-ring (bicyclic) bond motifs is 1. The molecule has 0 spiro atoms. The molecule has 3 aromatic rings. The molecule has 0 fully saturated rings. The highest BCUT2D eigenvalue weighted by atomic mass is 16.4. The van der Waals surface area contributed by atoms with Gasteiger partial charge >= 0.3 is 5.97 Å². The standard InChI is InChI=1S/C28H35N5O5/c1-17(2)12-23(33-26(35)21(29)13-18-8-4-3-5-9-18)27(36)31-16-25(34)32-24(28(37)38)14-19-15-30-22-11-7-6-10-20(19)22/h3-11,15,17,21,23-24,30H,12-14,16,29H2,1-2H3,(H,31,36)(H,32,34)(H,33,35)(H,37,38). The number of aliphatic carboxylic acids is 1. The third-order valence-electron chi connectivity index (χ3n) is 6.13. The van der Waals surface area contributed by atoms with Gasteiger partial charge in [-0.15, -0.1) is 0 Å². The summed E-state index contributed by atoms with van der Waals surface area (Å²) in [6.07, 6.45) is 2.45. The lowest BCUT2D eigenvalue weighted by Crippen LogP contribution is -2.54. The smallest absolute Gasteiger partial charge is 0.326 e. The van der Waals surface area contributed by atoms with E-state index in [-0.39, 0.29) is 12.3 Å². The number of nitrogens with one attached hydrogen (secondary N) is 4. The second-order valence-corrected chi connectivity index (χ2v) is 9.73. The van der Waals surface area contributed by atoms with Gasteiger partial charge in [0.25, 0.3) is 0 Å². The molecule has 0 aliphatic carbocycles. The Kier molecular flexibility index (Phi) is 10.0. The quantitative estimate of drug-likeness (QED) is 0.199. The van der Waals surface area contributed by atoms with Gasteiger partial charge in [-0.3, -0.25) is 14.4 Å². The Morgan fingerprint density at radius 2 is 1.58 bits per heavy atom. The minimum Gasteiger partial charge on any atom is -0.480 e. The summed E-state index contributed by atoms with van der Waals surface area (Å²) in [6.45, 7) is 3.38. The SMILES string of the molecule is CC(C)CC(NC(=O)C(N)Cc1ccccc1)C(=O)NCC(=O)NC(Cc1c[nH]c2ccccc12)C(=O)O. The monoisotopic (exact) mass is 521 g/mol. The van der Waals surface area contributed by atoms with Crippen LogP contribution in [-0.2, 0) is 32.0 Å². The van der Waals surface area contributed by atoms with E-state index >= 15 is 0 Å². The largest absolute Gasteiger partial charge is 0.480 e. The van der Waals surface area contributed by atoms with Crippen molar-refractivity contribution in [2.24, 2.45) is 11.7 Å². The van der Waals surface area contributed by atoms with E-state index in [1.807, 2.05) is 68.4 Å². The van der Waals surface area contributed by atoms with Crippen molar-refractivity contribution in [2.45, 2.75) is 51.2 Å². The fourth-order valence-corrected chi connectivity index (χ4v) is 4.20. The minimum atomic E-state index is -1.19. The summed E-state index contributed by atoms with van der Waals surface area (Å²) in [7, 11) is 0. The Morgan fingerprint density at radius 3 is 2.26 bits per heavy atom. The third kappa shape index (κ3) is 8.17. The topological polar surface area (TPSA) is 166 Å². The summed E-state index contributed by atoms with van der Waals surface area (Å²) in [5.74, 6) is -2.77. The van der Waals surface area contributed by atoms with E-state index in [1.165, 1.54) is 0 Å². The number of aromatic amines is 1. The van der Waals surface area contributed by atoms with Crippen molar-refractivity contribution in [3.05, 3.63) is 71.9 Å². The maximum atomic E-state index is 12.9. The number of carbonyl (C=O) groups excluding carboxylic acids is 3. The average Bonchev–Trinajstić information content (AvgIpc) is 3.29. The molecule has 1 heterocycles. The fraction of sp³-hybridized carbons (Fsp3) is 0.357. The predicted octanol–water partition coefficient (Wildman–Crippen LogP) is 1.50. The Morgan fingerprint density at radius 1 is 0.895 bits per heavy atom. The van der Waals surface area contributed by atoms with Crippen LogP contribution in [0.25, 0.3) is 10.9 Å². The summed E-state index contributed by atoms with van der Waals surface area (Å²) >= 11 is 0. The molecular weight excluding hydrogens is 486 g/mol. The third-order valence-corrected chi connectivity index (χ3v) is 6.13. The van der Waals surface area contributed by atoms with E-state index in [0.717, 1.165) is 22.0 Å². The molecule has 0 saturated heterocycles. The van der Waals surface area contributed by atoms with Crippen LogP contribution >= 0.6 is 0 Å². The molecule has 0 radical (unpaired) electrons. The highest BCUT2D eigenvalue weighted by Gasteiger charge is 2.26. The van der Waals surface area contributed by atoms with Crippen molar-refractivity contribution in [1.82, 2.24) is 20.9 Å². The Hall–Kier alpha value is -4.18. The molecule has 3 rings (SSSR count). The number of hydrogen-bond donors (Lipinski definition) is 6. The van der Waals surface area contributed by atoms with Crippen molar-refractivity contribution in [2.75, 3.05) is 6.54 Å². The van der Waals surface area contributed by atoms with Gasteiger partial charge in [0.2, 0.25) is 17.7 Å². The highest BCUT2D eigenvalue weighted by molar-refractivity contribution is 5.93. The van der Waals surface area contributed by atoms with Crippen LogP contribution < -0.4 is 21.7 Å². The van der Waals surface area contributed by atoms with Gasteiger partial charge in [-0.1, -0.05) is 62.4 Å². The molecule has 2 aromatic carbocycles. The van der Waals surface area contributed by atoms with E-state index in [1.54, 1.807) is 6.20 Å². The first kappa shape index (κ1) is 28.4. The summed E-state index contributed by atoms with van der Waals surface area (Å²) in [5, 5.41) is 18.2. The summed E-state index contributed by atoms with van der Waals surface area (Å²) < 4.78 is 0. The van der Waals surface area contributed by atoms with Crippen molar-refractivity contribution in [3.63, 3.8) is 0 Å². The van der Waals surface area contributed by atoms with E-state index in [0.29, 0.717) is 12.8 Å². The van der Waals surface area contributed by atoms with Crippen LogP contribution in [0.5, 0.6) is 0 Å². The molecule has 1 aromatic heterocycles. The molecule has 0 aliphatic heterocycles. The number of carbonyl (C=O) groups is 4. The van der Waals surface area contributed by atoms with Crippen LogP contribution in [0.15, 0.2) is 60.8 Å². The maximum Gasteiger partial charge on any atom is 0.326 e. The molecule has 3 amide bonds. The summed E-state index contributed by atoms with van der Waals surface area (Å²) in [6, 6.07) is 13.9. The first-order chi connectivity index (χ1) is 18.1. The molecule has 38 heavy (non-hydrogen) atoms. The lowest BCUT2D eigenvalue weighted by molar-refractivity contribution is -0.141. The number of H-pyrrole nitrogens is 1. The lowest BCUT2D eigenvalue weighted by atomic mass is 10.0. The average molecular weight is 522 g/mol. The van der Waals surface area contributed by atoms with Crippen molar-refractivity contribution >= 4 is 34.6 Å². The Balaban J connectivity index is 1.55. The normalized spacial score (nSPS) is 13.5. The number of benzene rings is 2. The van der Waals surface area contributed by atoms with Gasteiger partial charge in [0.05, 0.1) is 12.6 Å². The summed E-state index contributed by atoms with van der Waals surface area (Å²) in [4.78, 5) is 53.0. The van der Waals surface area contributed by atoms with Crippen molar-refractivity contribution in [3.8, 4) is 0 Å². The highest BCUT2D eigenvalue weighted by Crippen LogP contribution is 2.19. The number of carboxylic acid groups (broad SMARTS) is 1. The molecule has 202 valence electrons. The molecule has 10 heteroatoms. The molecular formula is C28H35N5O5. The second kappa shape index (κ2) is 13.4. The van der Waals surface area contributed by atoms with Crippen LogP contribution in [0.3, 0.4) is 0 Å². The fourth-order valence-electron chi connectivity index (χ4n) is 4.20.